The molecule has 2 aromatic heterocycles. The van der Waals surface area contributed by atoms with Crippen LogP contribution in [-0.2, 0) is 11.3 Å². The van der Waals surface area contributed by atoms with Crippen LogP contribution in [0.4, 0.5) is 11.5 Å². The largest absolute Gasteiger partial charge is 0.379 e. The van der Waals surface area contributed by atoms with E-state index in [0.717, 1.165) is 44.5 Å². The summed E-state index contributed by atoms with van der Waals surface area (Å²) in [5.74, 6) is 0.763. The van der Waals surface area contributed by atoms with Crippen molar-refractivity contribution in [1.82, 2.24) is 9.97 Å². The van der Waals surface area contributed by atoms with Gasteiger partial charge < -0.3 is 15.4 Å². The number of nitrogens with one attached hydrogen (secondary N) is 2. The number of carbonyl (C=O) groups excluding carboxylic acids is 1. The van der Waals surface area contributed by atoms with E-state index < -0.39 is 0 Å². The lowest BCUT2D eigenvalue weighted by molar-refractivity contribution is -0.0979. The van der Waals surface area contributed by atoms with Gasteiger partial charge in [-0.25, -0.2) is 4.98 Å². The summed E-state index contributed by atoms with van der Waals surface area (Å²) in [6.45, 7) is 9.03. The zero-order valence-electron chi connectivity index (χ0n) is 21.8. The molecule has 0 unspecified atom stereocenters. The zero-order chi connectivity index (χ0) is 27.1. The first-order valence-electron chi connectivity index (χ1n) is 12.4. The Morgan fingerprint density at radius 2 is 1.53 bits per heavy atom. The van der Waals surface area contributed by atoms with Crippen molar-refractivity contribution in [2.45, 2.75) is 32.9 Å². The van der Waals surface area contributed by atoms with Crippen LogP contribution in [0, 0.1) is 0 Å². The molecule has 0 fully saturated rings. The van der Waals surface area contributed by atoms with Crippen LogP contribution in [0.2, 0.25) is 5.15 Å². The maximum atomic E-state index is 8.00. The molecule has 192 valence electrons. The average Bonchev–Trinajstić information content (AvgIpc) is 2.93. The second-order valence-corrected chi connectivity index (χ2v) is 10.3. The van der Waals surface area contributed by atoms with Gasteiger partial charge in [-0.15, -0.1) is 0 Å². The minimum Gasteiger partial charge on any atom is -0.379 e. The van der Waals surface area contributed by atoms with E-state index in [1.165, 1.54) is 5.56 Å². The predicted octanol–water partition coefficient (Wildman–Crippen LogP) is 8.25. The monoisotopic (exact) mass is 522 g/mol. The van der Waals surface area contributed by atoms with E-state index in [1.807, 2.05) is 43.4 Å². The van der Waals surface area contributed by atoms with Crippen LogP contribution in [-0.4, -0.2) is 22.3 Å². The molecule has 2 N–H and O–H groups in total. The lowest BCUT2D eigenvalue weighted by atomic mass is 9.94. The highest BCUT2D eigenvalue weighted by Gasteiger charge is 2.19. The summed E-state index contributed by atoms with van der Waals surface area (Å²) < 4.78 is 0. The zero-order valence-corrected chi connectivity index (χ0v) is 22.6. The van der Waals surface area contributed by atoms with Crippen molar-refractivity contribution in [2.75, 3.05) is 10.6 Å². The van der Waals surface area contributed by atoms with E-state index in [0.29, 0.717) is 11.7 Å². The molecule has 5 nitrogen and oxygen atoms in total. The summed E-state index contributed by atoms with van der Waals surface area (Å²) in [7, 11) is 0. The van der Waals surface area contributed by atoms with Crippen LogP contribution < -0.4 is 10.6 Å². The Kier molecular flexibility index (Phi) is 8.39. The Hall–Kier alpha value is -4.22. The number of carbonyl (C=O) groups is 1. The number of hydrogen-bond acceptors (Lipinski definition) is 5. The van der Waals surface area contributed by atoms with Gasteiger partial charge in [0.1, 0.15) is 17.8 Å². The third kappa shape index (κ3) is 6.18. The smallest absolute Gasteiger partial charge is 0.140 e. The highest BCUT2D eigenvalue weighted by Crippen LogP contribution is 2.42. The highest BCUT2D eigenvalue weighted by atomic mass is 35.5. The Labute approximate surface area is 228 Å². The Morgan fingerprint density at radius 1 is 0.842 bits per heavy atom. The first-order valence-corrected chi connectivity index (χ1v) is 12.7. The Balaban J connectivity index is 0.00000164. The number of hydrogen-bond donors (Lipinski definition) is 2. The van der Waals surface area contributed by atoms with Crippen LogP contribution in [0.5, 0.6) is 0 Å². The lowest BCUT2D eigenvalue weighted by Gasteiger charge is -2.22. The first-order chi connectivity index (χ1) is 18.4. The molecule has 2 heterocycles. The minimum atomic E-state index is -0.0872. The molecular weight excluding hydrogens is 492 g/mol. The van der Waals surface area contributed by atoms with Gasteiger partial charge in [0.25, 0.3) is 0 Å². The van der Waals surface area contributed by atoms with Crippen molar-refractivity contribution < 1.29 is 4.79 Å². The first kappa shape index (κ1) is 26.8. The Morgan fingerprint density at radius 3 is 2.21 bits per heavy atom. The van der Waals surface area contributed by atoms with Gasteiger partial charge in [0.2, 0.25) is 0 Å². The van der Waals surface area contributed by atoms with Crippen molar-refractivity contribution in [1.29, 1.82) is 0 Å². The molecule has 5 rings (SSSR count). The van der Waals surface area contributed by atoms with Gasteiger partial charge in [0, 0.05) is 41.0 Å². The van der Waals surface area contributed by atoms with Crippen LogP contribution >= 0.6 is 11.6 Å². The van der Waals surface area contributed by atoms with Gasteiger partial charge >= 0.3 is 0 Å². The lowest BCUT2D eigenvalue weighted by Crippen LogP contribution is -2.26. The number of anilines is 2. The number of fused-ring (bicyclic) bond motifs is 1. The van der Waals surface area contributed by atoms with Gasteiger partial charge in [-0.05, 0) is 48.9 Å². The predicted molar refractivity (Wildman–Crippen MR) is 160 cm³/mol. The molecule has 5 aromatic rings. The van der Waals surface area contributed by atoms with Gasteiger partial charge in [0.05, 0.1) is 5.69 Å². The van der Waals surface area contributed by atoms with E-state index in [4.69, 9.17) is 21.4 Å². The fourth-order valence-corrected chi connectivity index (χ4v) is 4.75. The molecule has 6 heteroatoms. The van der Waals surface area contributed by atoms with Crippen molar-refractivity contribution in [3.8, 4) is 22.3 Å². The third-order valence-corrected chi connectivity index (χ3v) is 6.19. The SMILES string of the molecule is C=O.CC(C)(C)Nc1cncc(-c2c(Cl)nc(NCc3ccccc3)c3c(-c4ccccc4)cccc23)c1. The van der Waals surface area contributed by atoms with E-state index in [-0.39, 0.29) is 5.54 Å². The molecule has 0 saturated carbocycles. The Bertz CT molecular complexity index is 1520. The molecule has 0 bridgehead atoms. The van der Waals surface area contributed by atoms with Crippen molar-refractivity contribution in [3.05, 3.63) is 108 Å². The molecule has 38 heavy (non-hydrogen) atoms. The standard InChI is InChI=1S/C31H29ClN4.CH2O/c1-31(2,3)36-24-17-23(19-33-20-24)27-26-16-10-15-25(22-13-8-5-9-14-22)28(26)30(35-29(27)32)34-18-21-11-6-4-7-12-21;1-2/h4-17,19-20,36H,18H2,1-3H3,(H,34,35);1H2. The summed E-state index contributed by atoms with van der Waals surface area (Å²) in [6.07, 6.45) is 3.69. The van der Waals surface area contributed by atoms with Crippen molar-refractivity contribution in [3.63, 3.8) is 0 Å². The minimum absolute atomic E-state index is 0.0872. The molecule has 0 radical (unpaired) electrons. The number of pyridine rings is 2. The van der Waals surface area contributed by atoms with E-state index >= 15 is 0 Å². The topological polar surface area (TPSA) is 66.9 Å². The van der Waals surface area contributed by atoms with Crippen LogP contribution in [0.15, 0.2) is 97.3 Å². The fourth-order valence-electron chi connectivity index (χ4n) is 4.46. The van der Waals surface area contributed by atoms with Crippen molar-refractivity contribution >= 4 is 40.7 Å². The summed E-state index contributed by atoms with van der Waals surface area (Å²) >= 11 is 6.91. The van der Waals surface area contributed by atoms with Crippen LogP contribution in [0.1, 0.15) is 26.3 Å². The summed E-state index contributed by atoms with van der Waals surface area (Å²) in [5.41, 5.74) is 6.06. The molecule has 0 aliphatic rings. The summed E-state index contributed by atoms with van der Waals surface area (Å²) in [4.78, 5) is 17.4. The normalized spacial score (nSPS) is 10.9. The molecular formula is C32H31ClN4O. The second-order valence-electron chi connectivity index (χ2n) is 9.90. The molecule has 3 aromatic carbocycles. The number of benzene rings is 3. The molecule has 0 aliphatic heterocycles. The van der Waals surface area contributed by atoms with Crippen LogP contribution in [0.25, 0.3) is 33.0 Å². The van der Waals surface area contributed by atoms with E-state index in [1.54, 1.807) is 0 Å². The molecule has 0 atom stereocenters. The summed E-state index contributed by atoms with van der Waals surface area (Å²) in [6, 6.07) is 29.1. The van der Waals surface area contributed by atoms with Gasteiger partial charge in [-0.2, -0.15) is 0 Å². The van der Waals surface area contributed by atoms with E-state index in [2.05, 4.69) is 97.1 Å². The molecule has 0 spiro atoms. The van der Waals surface area contributed by atoms with Gasteiger partial charge in [-0.3, -0.25) is 4.98 Å². The number of aromatic nitrogens is 2. The quantitative estimate of drug-likeness (QED) is 0.220. The van der Waals surface area contributed by atoms with Crippen molar-refractivity contribution in [2.24, 2.45) is 0 Å². The highest BCUT2D eigenvalue weighted by molar-refractivity contribution is 6.34. The number of nitrogens with zero attached hydrogens (tertiary/aromatic N) is 2. The molecule has 0 saturated heterocycles. The van der Waals surface area contributed by atoms with Gasteiger partial charge in [0.15, 0.2) is 0 Å². The van der Waals surface area contributed by atoms with Crippen LogP contribution in [0.3, 0.4) is 0 Å². The number of halogens is 1. The maximum Gasteiger partial charge on any atom is 0.140 e. The second kappa shape index (κ2) is 11.9. The third-order valence-electron chi connectivity index (χ3n) is 5.92. The summed E-state index contributed by atoms with van der Waals surface area (Å²) in [5, 5.41) is 9.57. The molecule has 0 amide bonds. The maximum absolute atomic E-state index is 8.00. The fraction of sp³-hybridized carbons (Fsp3) is 0.156. The number of rotatable bonds is 6. The van der Waals surface area contributed by atoms with Gasteiger partial charge in [-0.1, -0.05) is 90.5 Å². The molecule has 0 aliphatic carbocycles. The average molecular weight is 523 g/mol. The van der Waals surface area contributed by atoms with E-state index in [9.17, 15) is 0 Å².